The van der Waals surface area contributed by atoms with E-state index in [4.69, 9.17) is 9.84 Å². The number of amides is 2. The quantitative estimate of drug-likeness (QED) is 0.608. The summed E-state index contributed by atoms with van der Waals surface area (Å²) >= 11 is 0. The third kappa shape index (κ3) is 5.41. The molecule has 4 rings (SSSR count). The maximum absolute atomic E-state index is 12.5. The minimum Gasteiger partial charge on any atom is -0.481 e. The Balaban J connectivity index is 1.18. The molecule has 7 heteroatoms. The number of hydrogen-bond acceptors (Lipinski definition) is 4. The normalized spacial score (nSPS) is 16.4. The zero-order chi connectivity index (χ0) is 24.1. The fourth-order valence-electron chi connectivity index (χ4n) is 4.98. The molecular weight excluding hydrogens is 432 g/mol. The van der Waals surface area contributed by atoms with Gasteiger partial charge in [-0.25, -0.2) is 4.79 Å². The maximum atomic E-state index is 12.5. The summed E-state index contributed by atoms with van der Waals surface area (Å²) in [7, 11) is 0. The molecular formula is C27H32N2O5. The van der Waals surface area contributed by atoms with Gasteiger partial charge >= 0.3 is 12.1 Å². The number of fused-ring (bicyclic) bond motifs is 3. The molecule has 2 N–H and O–H groups in total. The highest BCUT2D eigenvalue weighted by Crippen LogP contribution is 2.44. The Kier molecular flexibility index (Phi) is 7.50. The zero-order valence-electron chi connectivity index (χ0n) is 19.5. The summed E-state index contributed by atoms with van der Waals surface area (Å²) in [5, 5.41) is 11.9. The van der Waals surface area contributed by atoms with E-state index in [2.05, 4.69) is 29.6 Å². The number of carbonyl (C=O) groups is 3. The van der Waals surface area contributed by atoms with Crippen molar-refractivity contribution in [2.75, 3.05) is 26.2 Å². The van der Waals surface area contributed by atoms with E-state index in [9.17, 15) is 14.4 Å². The number of likely N-dealkylation sites (tertiary alicyclic amines) is 1. The van der Waals surface area contributed by atoms with Crippen LogP contribution in [0.5, 0.6) is 0 Å². The Morgan fingerprint density at radius 2 is 1.62 bits per heavy atom. The van der Waals surface area contributed by atoms with Crippen molar-refractivity contribution in [3.63, 3.8) is 0 Å². The number of carboxylic acid groups (broad SMARTS) is 1. The topological polar surface area (TPSA) is 95.9 Å². The summed E-state index contributed by atoms with van der Waals surface area (Å²) in [6.45, 7) is 3.70. The van der Waals surface area contributed by atoms with Crippen molar-refractivity contribution in [1.82, 2.24) is 10.2 Å². The van der Waals surface area contributed by atoms with Crippen LogP contribution in [-0.2, 0) is 14.3 Å². The van der Waals surface area contributed by atoms with E-state index in [0.717, 1.165) is 0 Å². The number of hydrogen-bond donors (Lipinski definition) is 2. The van der Waals surface area contributed by atoms with E-state index in [1.54, 1.807) is 4.90 Å². The maximum Gasteiger partial charge on any atom is 0.407 e. The summed E-state index contributed by atoms with van der Waals surface area (Å²) < 4.78 is 5.55. The number of ether oxygens (including phenoxy) is 1. The van der Waals surface area contributed by atoms with Crippen molar-refractivity contribution < 1.29 is 24.2 Å². The van der Waals surface area contributed by atoms with Crippen LogP contribution in [0.2, 0.25) is 0 Å². The largest absolute Gasteiger partial charge is 0.481 e. The van der Waals surface area contributed by atoms with Crippen molar-refractivity contribution in [2.45, 2.75) is 38.5 Å². The van der Waals surface area contributed by atoms with Gasteiger partial charge in [-0.1, -0.05) is 55.5 Å². The summed E-state index contributed by atoms with van der Waals surface area (Å²) in [5.41, 5.74) is 4.74. The van der Waals surface area contributed by atoms with Crippen molar-refractivity contribution in [1.29, 1.82) is 0 Å². The summed E-state index contributed by atoms with van der Waals surface area (Å²) in [4.78, 5) is 37.6. The first kappa shape index (κ1) is 23.8. The fourth-order valence-corrected chi connectivity index (χ4v) is 4.98. The van der Waals surface area contributed by atoms with Crippen LogP contribution in [0.3, 0.4) is 0 Å². The standard InChI is InChI=1S/C27H32N2O5/c1-18(16-25(30)29-14-11-19(12-15-29)26(31)32)10-13-28-27(33)34-17-24-22-8-4-2-6-20(22)21-7-3-5-9-23(21)24/h2-9,18-19,24H,10-17H2,1H3,(H,28,33)(H,31,32). The zero-order valence-corrected chi connectivity index (χ0v) is 19.5. The second-order valence-corrected chi connectivity index (χ2v) is 9.34. The van der Waals surface area contributed by atoms with Gasteiger partial charge in [0.2, 0.25) is 5.91 Å². The first-order valence-corrected chi connectivity index (χ1v) is 12.0. The molecule has 0 bridgehead atoms. The van der Waals surface area contributed by atoms with Crippen LogP contribution in [0.1, 0.15) is 49.7 Å². The molecule has 1 fully saturated rings. The third-order valence-electron chi connectivity index (χ3n) is 6.97. The number of alkyl carbamates (subject to hydrolysis) is 1. The Labute approximate surface area is 200 Å². The van der Waals surface area contributed by atoms with E-state index in [-0.39, 0.29) is 30.3 Å². The van der Waals surface area contributed by atoms with E-state index in [1.807, 2.05) is 31.2 Å². The smallest absolute Gasteiger partial charge is 0.407 e. The van der Waals surface area contributed by atoms with Gasteiger partial charge in [-0.05, 0) is 47.4 Å². The lowest BCUT2D eigenvalue weighted by Gasteiger charge is -2.31. The predicted molar refractivity (Wildman–Crippen MR) is 128 cm³/mol. The van der Waals surface area contributed by atoms with Crippen molar-refractivity contribution in [2.24, 2.45) is 11.8 Å². The first-order chi connectivity index (χ1) is 16.4. The van der Waals surface area contributed by atoms with Crippen LogP contribution in [0.4, 0.5) is 4.79 Å². The molecule has 1 heterocycles. The van der Waals surface area contributed by atoms with Gasteiger partial charge in [0, 0.05) is 32.0 Å². The van der Waals surface area contributed by atoms with Gasteiger partial charge in [0.1, 0.15) is 6.61 Å². The van der Waals surface area contributed by atoms with Crippen LogP contribution in [-0.4, -0.2) is 54.2 Å². The number of rotatable bonds is 8. The highest BCUT2D eigenvalue weighted by Gasteiger charge is 2.29. The van der Waals surface area contributed by atoms with Gasteiger partial charge in [-0.2, -0.15) is 0 Å². The van der Waals surface area contributed by atoms with E-state index < -0.39 is 12.1 Å². The Morgan fingerprint density at radius 3 is 2.21 bits per heavy atom. The number of carboxylic acids is 1. The van der Waals surface area contributed by atoms with Gasteiger partial charge in [-0.3, -0.25) is 9.59 Å². The SMILES string of the molecule is CC(CCNC(=O)OCC1c2ccccc2-c2ccccc21)CC(=O)N1CCC(C(=O)O)CC1. The van der Waals surface area contributed by atoms with E-state index in [0.29, 0.717) is 45.3 Å². The minimum atomic E-state index is -0.778. The molecule has 2 aromatic rings. The molecule has 2 aromatic carbocycles. The first-order valence-electron chi connectivity index (χ1n) is 12.0. The number of nitrogens with zero attached hydrogens (tertiary/aromatic N) is 1. The lowest BCUT2D eigenvalue weighted by Crippen LogP contribution is -2.40. The lowest BCUT2D eigenvalue weighted by atomic mass is 9.96. The summed E-state index contributed by atoms with van der Waals surface area (Å²) in [5.74, 6) is -0.932. The Bertz CT molecular complexity index is 999. The molecule has 34 heavy (non-hydrogen) atoms. The Hall–Kier alpha value is -3.35. The van der Waals surface area contributed by atoms with Crippen LogP contribution < -0.4 is 5.32 Å². The molecule has 2 aliphatic rings. The third-order valence-corrected chi connectivity index (χ3v) is 6.97. The van der Waals surface area contributed by atoms with E-state index >= 15 is 0 Å². The molecule has 2 amide bonds. The average Bonchev–Trinajstić information content (AvgIpc) is 3.16. The number of carbonyl (C=O) groups excluding carboxylic acids is 2. The fraction of sp³-hybridized carbons (Fsp3) is 0.444. The highest BCUT2D eigenvalue weighted by molar-refractivity contribution is 5.79. The molecule has 1 atom stereocenters. The number of piperidine rings is 1. The van der Waals surface area contributed by atoms with Gasteiger partial charge in [0.05, 0.1) is 5.92 Å². The lowest BCUT2D eigenvalue weighted by molar-refractivity contribution is -0.145. The van der Waals surface area contributed by atoms with Gasteiger partial charge < -0.3 is 20.1 Å². The molecule has 180 valence electrons. The molecule has 0 spiro atoms. The molecule has 1 saturated heterocycles. The molecule has 1 unspecified atom stereocenters. The summed E-state index contributed by atoms with van der Waals surface area (Å²) in [6.07, 6.45) is 1.64. The van der Waals surface area contributed by atoms with Gasteiger partial charge in [-0.15, -0.1) is 0 Å². The number of benzene rings is 2. The molecule has 1 aliphatic heterocycles. The highest BCUT2D eigenvalue weighted by atomic mass is 16.5. The minimum absolute atomic E-state index is 0.0277. The van der Waals surface area contributed by atoms with Crippen molar-refractivity contribution in [3.05, 3.63) is 59.7 Å². The molecule has 1 aliphatic carbocycles. The Morgan fingerprint density at radius 1 is 1.03 bits per heavy atom. The van der Waals surface area contributed by atoms with Crippen molar-refractivity contribution >= 4 is 18.0 Å². The molecule has 0 radical (unpaired) electrons. The summed E-state index contributed by atoms with van der Waals surface area (Å²) in [6, 6.07) is 16.4. The number of aliphatic carboxylic acids is 1. The monoisotopic (exact) mass is 464 g/mol. The van der Waals surface area contributed by atoms with Crippen LogP contribution in [0.25, 0.3) is 11.1 Å². The van der Waals surface area contributed by atoms with E-state index in [1.165, 1.54) is 22.3 Å². The van der Waals surface area contributed by atoms with Crippen LogP contribution >= 0.6 is 0 Å². The van der Waals surface area contributed by atoms with Crippen LogP contribution in [0.15, 0.2) is 48.5 Å². The molecule has 7 nitrogen and oxygen atoms in total. The van der Waals surface area contributed by atoms with Crippen molar-refractivity contribution in [3.8, 4) is 11.1 Å². The molecule has 0 saturated carbocycles. The average molecular weight is 465 g/mol. The number of nitrogens with one attached hydrogen (secondary N) is 1. The van der Waals surface area contributed by atoms with Crippen LogP contribution in [0, 0.1) is 11.8 Å². The molecule has 0 aromatic heterocycles. The predicted octanol–water partition coefficient (Wildman–Crippen LogP) is 4.26. The second kappa shape index (κ2) is 10.7. The van der Waals surface area contributed by atoms with Gasteiger partial charge in [0.15, 0.2) is 0 Å². The van der Waals surface area contributed by atoms with Gasteiger partial charge in [0.25, 0.3) is 0 Å². The second-order valence-electron chi connectivity index (χ2n) is 9.34.